The van der Waals surface area contributed by atoms with Crippen molar-refractivity contribution < 1.29 is 13.2 Å². The van der Waals surface area contributed by atoms with Crippen LogP contribution in [-0.4, -0.2) is 24.3 Å². The molecule has 0 saturated carbocycles. The lowest BCUT2D eigenvalue weighted by molar-refractivity contribution is -0.137. The largest absolute Gasteiger partial charge is 0.416 e. The van der Waals surface area contributed by atoms with Crippen molar-refractivity contribution in [3.05, 3.63) is 93.8 Å². The van der Waals surface area contributed by atoms with Crippen molar-refractivity contribution in [2.75, 3.05) is 0 Å². The molecule has 0 saturated heterocycles. The van der Waals surface area contributed by atoms with Gasteiger partial charge in [0.05, 0.1) is 29.5 Å². The second-order valence-corrected chi connectivity index (χ2v) is 7.53. The summed E-state index contributed by atoms with van der Waals surface area (Å²) in [4.78, 5) is 21.7. The zero-order chi connectivity index (χ0) is 22.5. The van der Waals surface area contributed by atoms with Gasteiger partial charge in [-0.15, -0.1) is 0 Å². The van der Waals surface area contributed by atoms with E-state index in [1.165, 1.54) is 33.9 Å². The molecule has 10 heteroatoms. The van der Waals surface area contributed by atoms with Crippen LogP contribution < -0.4 is 5.56 Å². The van der Waals surface area contributed by atoms with Crippen molar-refractivity contribution in [1.82, 2.24) is 24.3 Å². The third-order valence-corrected chi connectivity index (χ3v) is 5.44. The maximum Gasteiger partial charge on any atom is 0.416 e. The van der Waals surface area contributed by atoms with E-state index in [1.807, 2.05) is 6.07 Å². The molecule has 0 fully saturated rings. The summed E-state index contributed by atoms with van der Waals surface area (Å²) in [5, 5.41) is 5.62. The van der Waals surface area contributed by atoms with Gasteiger partial charge in [0.1, 0.15) is 11.7 Å². The van der Waals surface area contributed by atoms with Crippen LogP contribution in [0.3, 0.4) is 0 Å². The Balaban J connectivity index is 1.58. The SMILES string of the molecule is O=c1c2cnn(-c3cccc(C(F)(F)F)c3)c2ncn1Cc1ccc(Cl)c2cccnc12. The molecule has 160 valence electrons. The fourth-order valence-electron chi connectivity index (χ4n) is 3.57. The van der Waals surface area contributed by atoms with E-state index < -0.39 is 11.7 Å². The molecule has 0 spiro atoms. The molecule has 0 amide bonds. The minimum absolute atomic E-state index is 0.160. The summed E-state index contributed by atoms with van der Waals surface area (Å²) in [7, 11) is 0. The zero-order valence-electron chi connectivity index (χ0n) is 16.2. The van der Waals surface area contributed by atoms with E-state index >= 15 is 0 Å². The maximum absolute atomic E-state index is 13.1. The number of fused-ring (bicyclic) bond motifs is 2. The third kappa shape index (κ3) is 3.40. The van der Waals surface area contributed by atoms with Crippen LogP contribution in [0.25, 0.3) is 27.6 Å². The number of alkyl halides is 3. The standard InChI is InChI=1S/C22H13ClF3N5O/c23-18-7-6-13(19-16(18)5-2-8-27-19)11-30-12-28-20-17(21(30)32)10-29-31(20)15-4-1-3-14(9-15)22(24,25)26/h1-10,12H,11H2. The first-order valence-corrected chi connectivity index (χ1v) is 9.83. The van der Waals surface area contributed by atoms with E-state index in [-0.39, 0.29) is 28.8 Å². The van der Waals surface area contributed by atoms with Crippen LogP contribution in [-0.2, 0) is 12.7 Å². The first kappa shape index (κ1) is 20.2. The van der Waals surface area contributed by atoms with Crippen molar-refractivity contribution in [2.24, 2.45) is 0 Å². The van der Waals surface area contributed by atoms with E-state index in [4.69, 9.17) is 11.6 Å². The van der Waals surface area contributed by atoms with E-state index in [0.29, 0.717) is 10.5 Å². The Morgan fingerprint density at radius 3 is 2.66 bits per heavy atom. The van der Waals surface area contributed by atoms with Crippen molar-refractivity contribution >= 4 is 33.5 Å². The lowest BCUT2D eigenvalue weighted by Gasteiger charge is -2.10. The van der Waals surface area contributed by atoms with E-state index in [0.717, 1.165) is 23.1 Å². The van der Waals surface area contributed by atoms with Gasteiger partial charge in [0, 0.05) is 16.6 Å². The molecule has 0 bridgehead atoms. The first-order valence-electron chi connectivity index (χ1n) is 9.46. The Kier molecular flexibility index (Phi) is 4.70. The molecule has 0 N–H and O–H groups in total. The molecule has 5 aromatic rings. The lowest BCUT2D eigenvalue weighted by atomic mass is 10.1. The molecule has 0 aliphatic heterocycles. The second kappa shape index (κ2) is 7.45. The number of hydrogen-bond acceptors (Lipinski definition) is 4. The highest BCUT2D eigenvalue weighted by Crippen LogP contribution is 2.30. The molecule has 3 heterocycles. The quantitative estimate of drug-likeness (QED) is 0.390. The van der Waals surface area contributed by atoms with Crippen LogP contribution >= 0.6 is 11.6 Å². The molecular weight excluding hydrogens is 443 g/mol. The Morgan fingerprint density at radius 2 is 1.84 bits per heavy atom. The number of nitrogens with zero attached hydrogens (tertiary/aromatic N) is 5. The van der Waals surface area contributed by atoms with Gasteiger partial charge in [-0.1, -0.05) is 23.7 Å². The average Bonchev–Trinajstić information content (AvgIpc) is 3.22. The van der Waals surface area contributed by atoms with Crippen LogP contribution in [0.5, 0.6) is 0 Å². The number of rotatable bonds is 3. The van der Waals surface area contributed by atoms with E-state index in [1.54, 1.807) is 24.4 Å². The highest BCUT2D eigenvalue weighted by Gasteiger charge is 2.30. The third-order valence-electron chi connectivity index (χ3n) is 5.11. The summed E-state index contributed by atoms with van der Waals surface area (Å²) in [6.45, 7) is 0.196. The number of benzene rings is 2. The molecule has 6 nitrogen and oxygen atoms in total. The molecule has 0 aliphatic rings. The van der Waals surface area contributed by atoms with Crippen molar-refractivity contribution in [3.63, 3.8) is 0 Å². The van der Waals surface area contributed by atoms with Gasteiger partial charge < -0.3 is 0 Å². The number of aromatic nitrogens is 5. The molecule has 5 rings (SSSR count). The highest BCUT2D eigenvalue weighted by atomic mass is 35.5. The lowest BCUT2D eigenvalue weighted by Crippen LogP contribution is -2.21. The molecule has 0 aliphatic carbocycles. The van der Waals surface area contributed by atoms with Crippen LogP contribution in [0, 0.1) is 0 Å². The fourth-order valence-corrected chi connectivity index (χ4v) is 3.79. The van der Waals surface area contributed by atoms with Gasteiger partial charge in [-0.2, -0.15) is 18.3 Å². The number of halogens is 4. The topological polar surface area (TPSA) is 65.6 Å². The van der Waals surface area contributed by atoms with Crippen molar-refractivity contribution in [1.29, 1.82) is 0 Å². The number of pyridine rings is 1. The maximum atomic E-state index is 13.1. The Hall–Kier alpha value is -3.72. The van der Waals surface area contributed by atoms with Gasteiger partial charge in [-0.05, 0) is 42.0 Å². The van der Waals surface area contributed by atoms with Gasteiger partial charge in [0.25, 0.3) is 5.56 Å². The molecule has 2 aromatic carbocycles. The molecule has 3 aromatic heterocycles. The first-order chi connectivity index (χ1) is 15.3. The highest BCUT2D eigenvalue weighted by molar-refractivity contribution is 6.35. The molecule has 0 unspecified atom stereocenters. The molecule has 0 radical (unpaired) electrons. The Bertz CT molecular complexity index is 1540. The summed E-state index contributed by atoms with van der Waals surface area (Å²) in [6.07, 6.45) is -0.195. The van der Waals surface area contributed by atoms with Crippen LogP contribution in [0.4, 0.5) is 13.2 Å². The Labute approximate surface area is 183 Å². The van der Waals surface area contributed by atoms with Crippen molar-refractivity contribution in [2.45, 2.75) is 12.7 Å². The van der Waals surface area contributed by atoms with Crippen LogP contribution in [0.1, 0.15) is 11.1 Å². The van der Waals surface area contributed by atoms with E-state index in [2.05, 4.69) is 15.1 Å². The summed E-state index contributed by atoms with van der Waals surface area (Å²) < 4.78 is 41.8. The molecule has 0 atom stereocenters. The van der Waals surface area contributed by atoms with Crippen LogP contribution in [0.2, 0.25) is 5.02 Å². The van der Waals surface area contributed by atoms with Gasteiger partial charge >= 0.3 is 6.18 Å². The summed E-state index contributed by atoms with van der Waals surface area (Å²) in [6, 6.07) is 11.8. The van der Waals surface area contributed by atoms with Gasteiger partial charge in [-0.3, -0.25) is 14.3 Å². The second-order valence-electron chi connectivity index (χ2n) is 7.13. The smallest absolute Gasteiger partial charge is 0.294 e. The minimum Gasteiger partial charge on any atom is -0.294 e. The zero-order valence-corrected chi connectivity index (χ0v) is 17.0. The molecular formula is C22H13ClF3N5O. The van der Waals surface area contributed by atoms with Gasteiger partial charge in [-0.25, -0.2) is 9.67 Å². The van der Waals surface area contributed by atoms with Gasteiger partial charge in [0.15, 0.2) is 5.65 Å². The summed E-state index contributed by atoms with van der Waals surface area (Å²) in [5.74, 6) is 0. The number of hydrogen-bond donors (Lipinski definition) is 0. The normalized spacial score (nSPS) is 12.0. The predicted molar refractivity (Wildman–Crippen MR) is 114 cm³/mol. The monoisotopic (exact) mass is 455 g/mol. The molecule has 32 heavy (non-hydrogen) atoms. The minimum atomic E-state index is -4.49. The van der Waals surface area contributed by atoms with Crippen LogP contribution in [0.15, 0.2) is 72.0 Å². The van der Waals surface area contributed by atoms with E-state index in [9.17, 15) is 18.0 Å². The van der Waals surface area contributed by atoms with Gasteiger partial charge in [0.2, 0.25) is 0 Å². The summed E-state index contributed by atoms with van der Waals surface area (Å²) in [5.41, 5.74) is 0.601. The fraction of sp³-hybridized carbons (Fsp3) is 0.0909. The predicted octanol–water partition coefficient (Wildman–Crippen LogP) is 4.85. The van der Waals surface area contributed by atoms with Crippen molar-refractivity contribution in [3.8, 4) is 5.69 Å². The average molecular weight is 456 g/mol. The summed E-state index contributed by atoms with van der Waals surface area (Å²) >= 11 is 6.24. The Morgan fingerprint density at radius 1 is 1.00 bits per heavy atom.